The zero-order chi connectivity index (χ0) is 26.2. The van der Waals surface area contributed by atoms with Crippen molar-refractivity contribution >= 4 is 28.5 Å². The third kappa shape index (κ3) is 6.30. The molecule has 0 aliphatic carbocycles. The summed E-state index contributed by atoms with van der Waals surface area (Å²) in [7, 11) is 0. The Bertz CT molecular complexity index is 1340. The van der Waals surface area contributed by atoms with Gasteiger partial charge in [0.05, 0.1) is 12.1 Å². The molecule has 0 saturated carbocycles. The van der Waals surface area contributed by atoms with Gasteiger partial charge in [0, 0.05) is 30.7 Å². The first-order chi connectivity index (χ1) is 18.0. The first kappa shape index (κ1) is 25.8. The third-order valence-corrected chi connectivity index (χ3v) is 5.93. The van der Waals surface area contributed by atoms with E-state index in [1.807, 2.05) is 43.3 Å². The van der Waals surface area contributed by atoms with E-state index in [1.165, 1.54) is 4.90 Å². The fourth-order valence-electron chi connectivity index (χ4n) is 4.11. The number of ether oxygens (including phenoxy) is 1. The Balaban J connectivity index is 1.76. The molecule has 4 aromatic rings. The van der Waals surface area contributed by atoms with Crippen LogP contribution in [0.4, 0.5) is 5.69 Å². The largest absolute Gasteiger partial charge is 0.494 e. The van der Waals surface area contributed by atoms with Gasteiger partial charge in [0.2, 0.25) is 11.8 Å². The lowest BCUT2D eigenvalue weighted by molar-refractivity contribution is -0.127. The van der Waals surface area contributed by atoms with Crippen molar-refractivity contribution < 1.29 is 14.3 Å². The number of para-hydroxylation sites is 1. The lowest BCUT2D eigenvalue weighted by Gasteiger charge is -2.32. The van der Waals surface area contributed by atoms with Gasteiger partial charge in [-0.1, -0.05) is 37.3 Å². The summed E-state index contributed by atoms with van der Waals surface area (Å²) in [6, 6.07) is 17.2. The van der Waals surface area contributed by atoms with E-state index in [4.69, 9.17) is 4.74 Å². The normalized spacial score (nSPS) is 11.9. The monoisotopic (exact) mass is 500 g/mol. The summed E-state index contributed by atoms with van der Waals surface area (Å²) in [5.41, 5.74) is 2.62. The smallest absolute Gasteiger partial charge is 0.249 e. The Morgan fingerprint density at radius 2 is 1.84 bits per heavy atom. The topological polar surface area (TPSA) is 102 Å². The quantitative estimate of drug-likeness (QED) is 0.332. The zero-order valence-corrected chi connectivity index (χ0v) is 21.4. The second kappa shape index (κ2) is 12.1. The molecule has 0 aliphatic rings. The second-order valence-corrected chi connectivity index (χ2v) is 9.09. The number of pyridine rings is 1. The number of anilines is 1. The molecule has 9 heteroatoms. The van der Waals surface area contributed by atoms with Crippen LogP contribution < -0.4 is 15.0 Å². The number of carbonyl (C=O) groups is 2. The maximum absolute atomic E-state index is 14.0. The summed E-state index contributed by atoms with van der Waals surface area (Å²) >= 11 is 0. The fourth-order valence-corrected chi connectivity index (χ4v) is 4.11. The first-order valence-corrected chi connectivity index (χ1v) is 12.5. The Morgan fingerprint density at radius 1 is 1.05 bits per heavy atom. The Kier molecular flexibility index (Phi) is 8.45. The number of rotatable bonds is 11. The second-order valence-electron chi connectivity index (χ2n) is 9.09. The van der Waals surface area contributed by atoms with Crippen molar-refractivity contribution in [2.75, 3.05) is 18.1 Å². The van der Waals surface area contributed by atoms with Gasteiger partial charge in [-0.25, -0.2) is 4.68 Å². The van der Waals surface area contributed by atoms with E-state index in [9.17, 15) is 9.59 Å². The van der Waals surface area contributed by atoms with Crippen molar-refractivity contribution in [1.82, 2.24) is 25.3 Å². The average molecular weight is 501 g/mol. The molecular formula is C28H32N6O3. The minimum Gasteiger partial charge on any atom is -0.494 e. The molecule has 4 rings (SSSR count). The minimum atomic E-state index is -0.922. The average Bonchev–Trinajstić information content (AvgIpc) is 3.30. The summed E-state index contributed by atoms with van der Waals surface area (Å²) in [6.07, 6.45) is 4.06. The van der Waals surface area contributed by atoms with Gasteiger partial charge in [-0.15, -0.1) is 5.10 Å². The molecule has 2 amide bonds. The molecule has 1 atom stereocenters. The molecule has 0 saturated heterocycles. The van der Waals surface area contributed by atoms with Gasteiger partial charge < -0.3 is 10.1 Å². The molecule has 0 bridgehead atoms. The molecule has 0 unspecified atom stereocenters. The number of hydrogen-bond acceptors (Lipinski definition) is 6. The predicted octanol–water partition coefficient (Wildman–Crippen LogP) is 4.16. The van der Waals surface area contributed by atoms with Crippen molar-refractivity contribution in [3.63, 3.8) is 0 Å². The summed E-state index contributed by atoms with van der Waals surface area (Å²) in [5.74, 6) is 0.453. The van der Waals surface area contributed by atoms with Crippen LogP contribution >= 0.6 is 0 Å². The van der Waals surface area contributed by atoms with E-state index in [0.717, 1.165) is 11.9 Å². The van der Waals surface area contributed by atoms with E-state index < -0.39 is 6.04 Å². The zero-order valence-electron chi connectivity index (χ0n) is 21.4. The van der Waals surface area contributed by atoms with Gasteiger partial charge in [0.15, 0.2) is 0 Å². The van der Waals surface area contributed by atoms with E-state index in [0.29, 0.717) is 41.6 Å². The standard InChI is InChI=1S/C28H32N6O3/c1-4-37-23-9-7-8-22(18-23)34(26(35)19-33-25-11-6-5-10-24(25)31-32-33)27(21-13-15-29-16-14-21)28(36)30-17-12-20(2)3/h5-11,13-16,18,20,27H,4,12,17,19H2,1-3H3,(H,30,36)/t27-/m0/s1. The van der Waals surface area contributed by atoms with Crippen LogP contribution in [0.2, 0.25) is 0 Å². The Hall–Kier alpha value is -4.27. The molecule has 2 heterocycles. The number of hydrogen-bond donors (Lipinski definition) is 1. The number of benzene rings is 2. The van der Waals surface area contributed by atoms with E-state index >= 15 is 0 Å². The third-order valence-electron chi connectivity index (χ3n) is 5.93. The van der Waals surface area contributed by atoms with Crippen molar-refractivity contribution in [2.45, 2.75) is 39.8 Å². The molecule has 0 aliphatic heterocycles. The molecule has 9 nitrogen and oxygen atoms in total. The Labute approximate surface area is 216 Å². The van der Waals surface area contributed by atoms with E-state index in [1.54, 1.807) is 41.3 Å². The van der Waals surface area contributed by atoms with Gasteiger partial charge in [-0.05, 0) is 61.2 Å². The Morgan fingerprint density at radius 3 is 2.59 bits per heavy atom. The SMILES string of the molecule is CCOc1cccc(N(C(=O)Cn2nnc3ccccc32)[C@H](C(=O)NCCC(C)C)c2ccncc2)c1. The number of amides is 2. The van der Waals surface area contributed by atoms with Crippen LogP contribution in [0.5, 0.6) is 5.75 Å². The van der Waals surface area contributed by atoms with Crippen LogP contribution in [0.25, 0.3) is 11.0 Å². The number of nitrogens with one attached hydrogen (secondary N) is 1. The van der Waals surface area contributed by atoms with Gasteiger partial charge in [0.25, 0.3) is 0 Å². The molecule has 0 fully saturated rings. The van der Waals surface area contributed by atoms with Crippen molar-refractivity contribution in [1.29, 1.82) is 0 Å². The van der Waals surface area contributed by atoms with Gasteiger partial charge in [0.1, 0.15) is 23.9 Å². The first-order valence-electron chi connectivity index (χ1n) is 12.5. The summed E-state index contributed by atoms with van der Waals surface area (Å²) in [6.45, 7) is 6.99. The number of fused-ring (bicyclic) bond motifs is 1. The maximum atomic E-state index is 14.0. The summed E-state index contributed by atoms with van der Waals surface area (Å²) in [5, 5.41) is 11.4. The van der Waals surface area contributed by atoms with Crippen LogP contribution in [0.3, 0.4) is 0 Å². The van der Waals surface area contributed by atoms with Crippen molar-refractivity contribution in [2.24, 2.45) is 5.92 Å². The van der Waals surface area contributed by atoms with Crippen LogP contribution in [-0.4, -0.2) is 44.9 Å². The fraction of sp³-hybridized carbons (Fsp3) is 0.321. The highest BCUT2D eigenvalue weighted by Crippen LogP contribution is 2.31. The number of carbonyl (C=O) groups excluding carboxylic acids is 2. The maximum Gasteiger partial charge on any atom is 0.249 e. The number of aromatic nitrogens is 4. The van der Waals surface area contributed by atoms with Crippen molar-refractivity contribution in [3.05, 3.63) is 78.6 Å². The molecule has 0 spiro atoms. The molecule has 192 valence electrons. The summed E-state index contributed by atoms with van der Waals surface area (Å²) < 4.78 is 7.25. The molecule has 2 aromatic heterocycles. The van der Waals surface area contributed by atoms with Gasteiger partial charge >= 0.3 is 0 Å². The highest BCUT2D eigenvalue weighted by molar-refractivity contribution is 6.01. The van der Waals surface area contributed by atoms with E-state index in [2.05, 4.69) is 34.5 Å². The highest BCUT2D eigenvalue weighted by atomic mass is 16.5. The molecule has 2 aromatic carbocycles. The van der Waals surface area contributed by atoms with Crippen LogP contribution in [0.15, 0.2) is 73.1 Å². The van der Waals surface area contributed by atoms with Gasteiger partial charge in [-0.2, -0.15) is 0 Å². The van der Waals surface area contributed by atoms with Crippen LogP contribution in [-0.2, 0) is 16.1 Å². The van der Waals surface area contributed by atoms with Crippen LogP contribution in [0, 0.1) is 5.92 Å². The molecule has 37 heavy (non-hydrogen) atoms. The van der Waals surface area contributed by atoms with E-state index in [-0.39, 0.29) is 18.4 Å². The number of nitrogens with zero attached hydrogens (tertiary/aromatic N) is 5. The van der Waals surface area contributed by atoms with Crippen LogP contribution in [0.1, 0.15) is 38.8 Å². The molecule has 1 N–H and O–H groups in total. The minimum absolute atomic E-state index is 0.0970. The highest BCUT2D eigenvalue weighted by Gasteiger charge is 2.33. The lowest BCUT2D eigenvalue weighted by Crippen LogP contribution is -2.45. The molecular weight excluding hydrogens is 468 g/mol. The summed E-state index contributed by atoms with van der Waals surface area (Å²) in [4.78, 5) is 33.3. The lowest BCUT2D eigenvalue weighted by atomic mass is 10.0. The van der Waals surface area contributed by atoms with Crippen molar-refractivity contribution in [3.8, 4) is 5.75 Å². The predicted molar refractivity (Wildman–Crippen MR) is 142 cm³/mol. The molecule has 0 radical (unpaired) electrons. The van der Waals surface area contributed by atoms with Gasteiger partial charge in [-0.3, -0.25) is 19.5 Å².